The van der Waals surface area contributed by atoms with E-state index in [1.807, 2.05) is 0 Å². The normalized spacial score (nSPS) is 10.0. The van der Waals surface area contributed by atoms with Gasteiger partial charge >= 0.3 is 0 Å². The van der Waals surface area contributed by atoms with Gasteiger partial charge in [-0.3, -0.25) is 9.59 Å². The molecule has 7 heteroatoms. The van der Waals surface area contributed by atoms with E-state index in [0.29, 0.717) is 6.54 Å². The van der Waals surface area contributed by atoms with Gasteiger partial charge in [-0.2, -0.15) is 4.39 Å². The fraction of sp³-hybridized carbons (Fsp3) is 0.364. The zero-order valence-corrected chi connectivity index (χ0v) is 10.0. The van der Waals surface area contributed by atoms with Gasteiger partial charge in [0, 0.05) is 19.8 Å². The Labute approximate surface area is 103 Å². The number of amides is 2. The minimum atomic E-state index is -1.34. The van der Waals surface area contributed by atoms with Crippen molar-refractivity contribution >= 4 is 11.8 Å². The first-order valence-corrected chi connectivity index (χ1v) is 5.29. The Hall–Kier alpha value is -2.05. The van der Waals surface area contributed by atoms with Crippen LogP contribution in [0.25, 0.3) is 0 Å². The van der Waals surface area contributed by atoms with Gasteiger partial charge in [-0.25, -0.2) is 9.37 Å². The quantitative estimate of drug-likeness (QED) is 0.802. The number of pyridine rings is 1. The molecule has 0 aliphatic rings. The molecular formula is C11H13F2N3O2. The van der Waals surface area contributed by atoms with Gasteiger partial charge in [0.05, 0.1) is 12.1 Å². The Balaban J connectivity index is 2.81. The fourth-order valence-electron chi connectivity index (χ4n) is 1.33. The summed E-state index contributed by atoms with van der Waals surface area (Å²) in [6, 6.07) is 1.06. The molecule has 0 spiro atoms. The molecule has 1 heterocycles. The fourth-order valence-corrected chi connectivity index (χ4v) is 1.33. The van der Waals surface area contributed by atoms with Crippen LogP contribution in [-0.2, 0) is 4.79 Å². The van der Waals surface area contributed by atoms with Gasteiger partial charge in [-0.05, 0) is 13.0 Å². The van der Waals surface area contributed by atoms with Crippen molar-refractivity contribution in [2.45, 2.75) is 6.92 Å². The van der Waals surface area contributed by atoms with Crippen LogP contribution < -0.4 is 5.32 Å². The average Bonchev–Trinajstić information content (AvgIpc) is 2.32. The Kier molecular flexibility index (Phi) is 4.70. The van der Waals surface area contributed by atoms with Crippen LogP contribution in [0.2, 0.25) is 0 Å². The molecule has 5 nitrogen and oxygen atoms in total. The molecule has 0 radical (unpaired) electrons. The summed E-state index contributed by atoms with van der Waals surface area (Å²) in [6.45, 7) is 1.94. The van der Waals surface area contributed by atoms with Gasteiger partial charge in [-0.1, -0.05) is 0 Å². The zero-order valence-electron chi connectivity index (χ0n) is 10.0. The molecule has 0 bridgehead atoms. The van der Waals surface area contributed by atoms with E-state index in [1.54, 1.807) is 6.92 Å². The smallest absolute Gasteiger partial charge is 0.257 e. The largest absolute Gasteiger partial charge is 0.355 e. The van der Waals surface area contributed by atoms with Gasteiger partial charge in [0.1, 0.15) is 0 Å². The minimum Gasteiger partial charge on any atom is -0.355 e. The van der Waals surface area contributed by atoms with Crippen LogP contribution in [0.1, 0.15) is 17.3 Å². The summed E-state index contributed by atoms with van der Waals surface area (Å²) in [6.07, 6.45) is 0.992. The highest BCUT2D eigenvalue weighted by Gasteiger charge is 2.20. The van der Waals surface area contributed by atoms with E-state index in [-0.39, 0.29) is 12.5 Å². The zero-order chi connectivity index (χ0) is 13.7. The van der Waals surface area contributed by atoms with Crippen LogP contribution in [0, 0.1) is 11.8 Å². The van der Waals surface area contributed by atoms with Crippen LogP contribution in [0.4, 0.5) is 8.78 Å². The summed E-state index contributed by atoms with van der Waals surface area (Å²) in [4.78, 5) is 27.1. The second-order valence-corrected chi connectivity index (χ2v) is 3.58. The van der Waals surface area contributed by atoms with Crippen LogP contribution in [0.15, 0.2) is 12.3 Å². The number of hydrogen-bond acceptors (Lipinski definition) is 3. The number of halogens is 2. The topological polar surface area (TPSA) is 62.3 Å². The maximum Gasteiger partial charge on any atom is 0.257 e. The summed E-state index contributed by atoms with van der Waals surface area (Å²) >= 11 is 0. The van der Waals surface area contributed by atoms with Crippen LogP contribution in [-0.4, -0.2) is 41.8 Å². The first-order chi connectivity index (χ1) is 8.47. The molecule has 0 aliphatic carbocycles. The number of nitrogens with zero attached hydrogens (tertiary/aromatic N) is 2. The molecule has 0 aliphatic heterocycles. The summed E-state index contributed by atoms with van der Waals surface area (Å²) in [5.41, 5.74) is -0.450. The van der Waals surface area contributed by atoms with E-state index < -0.39 is 23.2 Å². The lowest BCUT2D eigenvalue weighted by Gasteiger charge is -2.16. The van der Waals surface area contributed by atoms with E-state index in [0.717, 1.165) is 17.2 Å². The van der Waals surface area contributed by atoms with Gasteiger partial charge in [0.15, 0.2) is 5.82 Å². The number of rotatable bonds is 4. The van der Waals surface area contributed by atoms with Crippen molar-refractivity contribution in [3.8, 4) is 0 Å². The maximum absolute atomic E-state index is 13.3. The van der Waals surface area contributed by atoms with Crippen LogP contribution in [0.5, 0.6) is 0 Å². The number of nitrogens with one attached hydrogen (secondary N) is 1. The summed E-state index contributed by atoms with van der Waals surface area (Å²) in [5, 5.41) is 2.50. The van der Waals surface area contributed by atoms with Gasteiger partial charge in [0.2, 0.25) is 11.9 Å². The minimum absolute atomic E-state index is 0.226. The molecule has 1 aromatic rings. The summed E-state index contributed by atoms with van der Waals surface area (Å²) < 4.78 is 26.2. The van der Waals surface area contributed by atoms with Crippen molar-refractivity contribution in [2.75, 3.05) is 20.1 Å². The molecule has 18 heavy (non-hydrogen) atoms. The number of hydrogen-bond donors (Lipinski definition) is 1. The summed E-state index contributed by atoms with van der Waals surface area (Å²) in [7, 11) is 1.33. The molecule has 0 fully saturated rings. The van der Waals surface area contributed by atoms with E-state index in [9.17, 15) is 18.4 Å². The molecule has 1 aromatic heterocycles. The van der Waals surface area contributed by atoms with Crippen LogP contribution >= 0.6 is 0 Å². The molecule has 0 unspecified atom stereocenters. The lowest BCUT2D eigenvalue weighted by molar-refractivity contribution is -0.121. The molecule has 98 valence electrons. The van der Waals surface area contributed by atoms with Crippen molar-refractivity contribution in [2.24, 2.45) is 0 Å². The lowest BCUT2D eigenvalue weighted by Crippen LogP contribution is -2.38. The predicted molar refractivity (Wildman–Crippen MR) is 59.8 cm³/mol. The predicted octanol–water partition coefficient (Wildman–Crippen LogP) is 0.568. The first-order valence-electron chi connectivity index (χ1n) is 5.29. The third kappa shape index (κ3) is 3.22. The monoisotopic (exact) mass is 257 g/mol. The van der Waals surface area contributed by atoms with Crippen molar-refractivity contribution in [1.82, 2.24) is 15.2 Å². The average molecular weight is 257 g/mol. The molecule has 0 saturated carbocycles. The highest BCUT2D eigenvalue weighted by molar-refractivity contribution is 5.96. The van der Waals surface area contributed by atoms with Gasteiger partial charge in [0.25, 0.3) is 5.91 Å². The number of likely N-dealkylation sites (N-methyl/N-ethyl adjacent to an activating group) is 2. The Morgan fingerprint density at radius 1 is 1.44 bits per heavy atom. The molecule has 0 aromatic carbocycles. The maximum atomic E-state index is 13.3. The molecule has 0 atom stereocenters. The van der Waals surface area contributed by atoms with E-state index in [2.05, 4.69) is 10.3 Å². The van der Waals surface area contributed by atoms with Gasteiger partial charge < -0.3 is 10.2 Å². The lowest BCUT2D eigenvalue weighted by atomic mass is 10.2. The van der Waals surface area contributed by atoms with E-state index in [4.69, 9.17) is 0 Å². The molecule has 1 rings (SSSR count). The van der Waals surface area contributed by atoms with Crippen molar-refractivity contribution in [3.05, 3.63) is 29.6 Å². The Morgan fingerprint density at radius 3 is 2.72 bits per heavy atom. The first kappa shape index (κ1) is 14.0. The van der Waals surface area contributed by atoms with Crippen molar-refractivity contribution in [1.29, 1.82) is 0 Å². The van der Waals surface area contributed by atoms with Crippen molar-refractivity contribution < 1.29 is 18.4 Å². The molecular weight excluding hydrogens is 244 g/mol. The van der Waals surface area contributed by atoms with Gasteiger partial charge in [-0.15, -0.1) is 0 Å². The third-order valence-corrected chi connectivity index (χ3v) is 2.18. The van der Waals surface area contributed by atoms with Crippen LogP contribution in [0.3, 0.4) is 0 Å². The Morgan fingerprint density at radius 2 is 2.11 bits per heavy atom. The highest BCUT2D eigenvalue weighted by atomic mass is 19.2. The number of carbonyl (C=O) groups is 2. The second kappa shape index (κ2) is 6.04. The summed E-state index contributed by atoms with van der Waals surface area (Å²) in [5.74, 6) is -3.80. The van der Waals surface area contributed by atoms with Crippen molar-refractivity contribution in [3.63, 3.8) is 0 Å². The number of carbonyl (C=O) groups excluding carboxylic acids is 2. The molecule has 0 saturated heterocycles. The second-order valence-electron chi connectivity index (χ2n) is 3.58. The standard InChI is InChI=1S/C11H13F2N3O2/c1-3-14-8(17)6-16(2)11(18)7-4-5-15-10(13)9(7)12/h4-5H,3,6H2,1-2H3,(H,14,17). The molecule has 2 amide bonds. The third-order valence-electron chi connectivity index (χ3n) is 2.18. The van der Waals surface area contributed by atoms with E-state index >= 15 is 0 Å². The number of aromatic nitrogens is 1. The highest BCUT2D eigenvalue weighted by Crippen LogP contribution is 2.10. The molecule has 1 N–H and O–H groups in total. The van der Waals surface area contributed by atoms with E-state index in [1.165, 1.54) is 7.05 Å². The SMILES string of the molecule is CCNC(=O)CN(C)C(=O)c1ccnc(F)c1F. The Bertz CT molecular complexity index is 466.